The average molecular weight is 225 g/mol. The van der Waals surface area contributed by atoms with Crippen molar-refractivity contribution < 1.29 is 0 Å². The van der Waals surface area contributed by atoms with Crippen molar-refractivity contribution in [1.82, 2.24) is 15.5 Å². The van der Waals surface area contributed by atoms with Gasteiger partial charge in [-0.15, -0.1) is 0 Å². The highest BCUT2D eigenvalue weighted by molar-refractivity contribution is 4.92. The summed E-state index contributed by atoms with van der Waals surface area (Å²) in [6.07, 6.45) is 7.18. The van der Waals surface area contributed by atoms with E-state index in [9.17, 15) is 0 Å². The lowest BCUT2D eigenvalue weighted by Gasteiger charge is -2.42. The minimum absolute atomic E-state index is 0.679. The van der Waals surface area contributed by atoms with Crippen molar-refractivity contribution in [3.8, 4) is 0 Å². The van der Waals surface area contributed by atoms with Gasteiger partial charge >= 0.3 is 0 Å². The predicted octanol–water partition coefficient (Wildman–Crippen LogP) is 1.06. The maximum absolute atomic E-state index is 3.59. The molecule has 16 heavy (non-hydrogen) atoms. The highest BCUT2D eigenvalue weighted by Crippen LogP contribution is 2.29. The molecule has 2 N–H and O–H groups in total. The minimum atomic E-state index is 0.679. The number of piperazine rings is 1. The SMILES string of the molecule is CNC(C1CCCCC1)C1CNCCN1C. The molecule has 0 bridgehead atoms. The van der Waals surface area contributed by atoms with E-state index in [0.29, 0.717) is 12.1 Å². The number of hydrogen-bond acceptors (Lipinski definition) is 3. The average Bonchev–Trinajstić information content (AvgIpc) is 2.34. The van der Waals surface area contributed by atoms with E-state index in [4.69, 9.17) is 0 Å². The second kappa shape index (κ2) is 5.99. The molecule has 2 unspecified atom stereocenters. The standard InChI is InChI=1S/C13H27N3/c1-14-13(11-6-4-3-5-7-11)12-10-15-8-9-16(12)2/h11-15H,3-10H2,1-2H3. The van der Waals surface area contributed by atoms with Gasteiger partial charge in [0.25, 0.3) is 0 Å². The van der Waals surface area contributed by atoms with Crippen molar-refractivity contribution in [3.63, 3.8) is 0 Å². The maximum atomic E-state index is 3.59. The van der Waals surface area contributed by atoms with Crippen molar-refractivity contribution in [2.24, 2.45) is 5.92 Å². The molecule has 1 saturated heterocycles. The predicted molar refractivity (Wildman–Crippen MR) is 68.7 cm³/mol. The van der Waals surface area contributed by atoms with E-state index in [1.165, 1.54) is 38.6 Å². The van der Waals surface area contributed by atoms with E-state index in [2.05, 4.69) is 29.6 Å². The molecule has 1 saturated carbocycles. The minimum Gasteiger partial charge on any atom is -0.315 e. The van der Waals surface area contributed by atoms with Crippen molar-refractivity contribution in [1.29, 1.82) is 0 Å². The molecule has 3 nitrogen and oxygen atoms in total. The van der Waals surface area contributed by atoms with Gasteiger partial charge in [0.1, 0.15) is 0 Å². The largest absolute Gasteiger partial charge is 0.315 e. The zero-order valence-electron chi connectivity index (χ0n) is 10.8. The van der Waals surface area contributed by atoms with E-state index in [-0.39, 0.29) is 0 Å². The Labute approximate surface area is 100.0 Å². The van der Waals surface area contributed by atoms with Gasteiger partial charge in [0, 0.05) is 31.7 Å². The Morgan fingerprint density at radius 1 is 1.25 bits per heavy atom. The third-order valence-corrected chi connectivity index (χ3v) is 4.47. The van der Waals surface area contributed by atoms with Crippen molar-refractivity contribution in [2.75, 3.05) is 33.7 Å². The highest BCUT2D eigenvalue weighted by atomic mass is 15.2. The number of likely N-dealkylation sites (N-methyl/N-ethyl adjacent to an activating group) is 2. The lowest BCUT2D eigenvalue weighted by molar-refractivity contribution is 0.117. The Morgan fingerprint density at radius 3 is 2.62 bits per heavy atom. The summed E-state index contributed by atoms with van der Waals surface area (Å²) in [6.45, 7) is 3.49. The molecule has 1 heterocycles. The van der Waals surface area contributed by atoms with Crippen LogP contribution in [0.4, 0.5) is 0 Å². The van der Waals surface area contributed by atoms with Crippen LogP contribution in [0.5, 0.6) is 0 Å². The van der Waals surface area contributed by atoms with Crippen molar-refractivity contribution >= 4 is 0 Å². The van der Waals surface area contributed by atoms with Gasteiger partial charge in [-0.2, -0.15) is 0 Å². The monoisotopic (exact) mass is 225 g/mol. The van der Waals surface area contributed by atoms with Gasteiger partial charge in [-0.1, -0.05) is 19.3 Å². The number of rotatable bonds is 3. The summed E-state index contributed by atoms with van der Waals surface area (Å²) < 4.78 is 0. The number of hydrogen-bond donors (Lipinski definition) is 2. The molecule has 0 amide bonds. The Hall–Kier alpha value is -0.120. The molecule has 0 spiro atoms. The molecular formula is C13H27N3. The third kappa shape index (κ3) is 2.76. The Kier molecular flexibility index (Phi) is 4.62. The van der Waals surface area contributed by atoms with Crippen LogP contribution in [-0.4, -0.2) is 50.7 Å². The van der Waals surface area contributed by atoms with Crippen LogP contribution in [0.15, 0.2) is 0 Å². The summed E-state index contributed by atoms with van der Waals surface area (Å²) in [4.78, 5) is 2.53. The van der Waals surface area contributed by atoms with Crippen LogP contribution in [0.1, 0.15) is 32.1 Å². The summed E-state index contributed by atoms with van der Waals surface area (Å²) >= 11 is 0. The zero-order valence-corrected chi connectivity index (χ0v) is 10.8. The van der Waals surface area contributed by atoms with Gasteiger partial charge in [-0.05, 0) is 32.9 Å². The van der Waals surface area contributed by atoms with Gasteiger partial charge in [-0.3, -0.25) is 4.90 Å². The molecule has 1 aliphatic carbocycles. The summed E-state index contributed by atoms with van der Waals surface area (Å²) in [7, 11) is 4.42. The summed E-state index contributed by atoms with van der Waals surface area (Å²) in [5.74, 6) is 0.895. The summed E-state index contributed by atoms with van der Waals surface area (Å²) in [6, 6.07) is 1.36. The van der Waals surface area contributed by atoms with E-state index in [1.54, 1.807) is 0 Å². The van der Waals surface area contributed by atoms with Crippen molar-refractivity contribution in [2.45, 2.75) is 44.2 Å². The molecule has 2 rings (SSSR count). The smallest absolute Gasteiger partial charge is 0.0374 e. The molecule has 0 aromatic rings. The highest BCUT2D eigenvalue weighted by Gasteiger charge is 2.32. The molecule has 2 aliphatic rings. The molecule has 1 aliphatic heterocycles. The topological polar surface area (TPSA) is 27.3 Å². The molecule has 3 heteroatoms. The molecular weight excluding hydrogens is 198 g/mol. The van der Waals surface area contributed by atoms with E-state index >= 15 is 0 Å². The Morgan fingerprint density at radius 2 is 2.00 bits per heavy atom. The number of nitrogens with zero attached hydrogens (tertiary/aromatic N) is 1. The quantitative estimate of drug-likeness (QED) is 0.752. The zero-order chi connectivity index (χ0) is 11.4. The first-order valence-electron chi connectivity index (χ1n) is 6.91. The van der Waals surface area contributed by atoms with E-state index < -0.39 is 0 Å². The lowest BCUT2D eigenvalue weighted by atomic mass is 9.80. The van der Waals surface area contributed by atoms with Gasteiger partial charge in [-0.25, -0.2) is 0 Å². The van der Waals surface area contributed by atoms with Crippen LogP contribution in [0.3, 0.4) is 0 Å². The van der Waals surface area contributed by atoms with Crippen LogP contribution >= 0.6 is 0 Å². The van der Waals surface area contributed by atoms with E-state index in [1.807, 2.05) is 0 Å². The fourth-order valence-electron chi connectivity index (χ4n) is 3.46. The fraction of sp³-hybridized carbons (Fsp3) is 1.00. The van der Waals surface area contributed by atoms with Crippen LogP contribution in [-0.2, 0) is 0 Å². The second-order valence-electron chi connectivity index (χ2n) is 5.46. The van der Waals surface area contributed by atoms with Gasteiger partial charge in [0.05, 0.1) is 0 Å². The molecule has 0 aromatic heterocycles. The van der Waals surface area contributed by atoms with Crippen molar-refractivity contribution in [3.05, 3.63) is 0 Å². The third-order valence-electron chi connectivity index (χ3n) is 4.47. The summed E-state index contributed by atoms with van der Waals surface area (Å²) in [5.41, 5.74) is 0. The van der Waals surface area contributed by atoms with Crippen LogP contribution in [0.25, 0.3) is 0 Å². The van der Waals surface area contributed by atoms with Crippen LogP contribution in [0.2, 0.25) is 0 Å². The number of nitrogens with one attached hydrogen (secondary N) is 2. The Bertz CT molecular complexity index is 201. The molecule has 0 aromatic carbocycles. The first-order valence-corrected chi connectivity index (χ1v) is 6.91. The second-order valence-corrected chi connectivity index (χ2v) is 5.46. The first kappa shape index (κ1) is 12.3. The molecule has 2 fully saturated rings. The van der Waals surface area contributed by atoms with E-state index in [0.717, 1.165) is 19.0 Å². The van der Waals surface area contributed by atoms with Gasteiger partial charge < -0.3 is 10.6 Å². The van der Waals surface area contributed by atoms with Crippen LogP contribution in [0, 0.1) is 5.92 Å². The van der Waals surface area contributed by atoms with Gasteiger partial charge in [0.15, 0.2) is 0 Å². The summed E-state index contributed by atoms with van der Waals surface area (Å²) in [5, 5.41) is 7.13. The molecule has 2 atom stereocenters. The maximum Gasteiger partial charge on any atom is 0.0374 e. The van der Waals surface area contributed by atoms with Gasteiger partial charge in [0.2, 0.25) is 0 Å². The fourth-order valence-corrected chi connectivity index (χ4v) is 3.46. The Balaban J connectivity index is 1.96. The molecule has 94 valence electrons. The normalized spacial score (nSPS) is 31.5. The lowest BCUT2D eigenvalue weighted by Crippen LogP contribution is -2.60. The first-order chi connectivity index (χ1) is 7.83. The van der Waals surface area contributed by atoms with Crippen LogP contribution < -0.4 is 10.6 Å². The molecule has 0 radical (unpaired) electrons.